The molecule has 0 aliphatic carbocycles. The highest BCUT2D eigenvalue weighted by molar-refractivity contribution is 5.41. The van der Waals surface area contributed by atoms with Crippen molar-refractivity contribution in [2.45, 2.75) is 53.1 Å². The number of aryl methyl sites for hydroxylation is 2. The molecular formula is C16H23N3O. The van der Waals surface area contributed by atoms with Gasteiger partial charge in [0.2, 0.25) is 0 Å². The average Bonchev–Trinajstić information content (AvgIpc) is 2.80. The van der Waals surface area contributed by atoms with E-state index in [2.05, 4.69) is 61.9 Å². The van der Waals surface area contributed by atoms with Crippen LogP contribution in [-0.4, -0.2) is 20.3 Å². The summed E-state index contributed by atoms with van der Waals surface area (Å²) in [6.07, 6.45) is 0.717. The third-order valence-electron chi connectivity index (χ3n) is 3.63. The summed E-state index contributed by atoms with van der Waals surface area (Å²) in [5.74, 6) is 1.24. The van der Waals surface area contributed by atoms with Gasteiger partial charge < -0.3 is 5.11 Å². The monoisotopic (exact) mass is 273 g/mol. The molecule has 0 fully saturated rings. The Labute approximate surface area is 120 Å². The lowest BCUT2D eigenvalue weighted by molar-refractivity contribution is 0.272. The second-order valence-corrected chi connectivity index (χ2v) is 6.37. The van der Waals surface area contributed by atoms with Crippen molar-refractivity contribution in [2.75, 3.05) is 0 Å². The number of hydrogen-bond acceptors (Lipinski definition) is 3. The molecule has 2 N–H and O–H groups in total. The first-order chi connectivity index (χ1) is 9.31. The largest absolute Gasteiger partial charge is 0.388 e. The lowest BCUT2D eigenvalue weighted by Gasteiger charge is -2.22. The van der Waals surface area contributed by atoms with Crippen LogP contribution in [0.25, 0.3) is 0 Å². The Kier molecular flexibility index (Phi) is 3.95. The van der Waals surface area contributed by atoms with E-state index in [9.17, 15) is 0 Å². The van der Waals surface area contributed by atoms with Crippen molar-refractivity contribution in [3.05, 3.63) is 46.0 Å². The summed E-state index contributed by atoms with van der Waals surface area (Å²) >= 11 is 0. The molecule has 2 rings (SSSR count). The first kappa shape index (κ1) is 14.7. The van der Waals surface area contributed by atoms with E-state index in [4.69, 9.17) is 5.11 Å². The summed E-state index contributed by atoms with van der Waals surface area (Å²) in [5.41, 5.74) is 5.34. The van der Waals surface area contributed by atoms with Gasteiger partial charge in [0.15, 0.2) is 5.82 Å². The van der Waals surface area contributed by atoms with E-state index in [0.29, 0.717) is 5.82 Å². The maximum atomic E-state index is 9.01. The first-order valence-corrected chi connectivity index (χ1v) is 6.93. The van der Waals surface area contributed by atoms with Crippen LogP contribution in [0.1, 0.15) is 54.7 Å². The van der Waals surface area contributed by atoms with Gasteiger partial charge in [-0.2, -0.15) is 5.10 Å². The summed E-state index contributed by atoms with van der Waals surface area (Å²) in [5, 5.41) is 15.9. The van der Waals surface area contributed by atoms with Crippen molar-refractivity contribution in [3.8, 4) is 0 Å². The Hall–Kier alpha value is -1.68. The van der Waals surface area contributed by atoms with Crippen molar-refractivity contribution in [1.82, 2.24) is 15.2 Å². The van der Waals surface area contributed by atoms with Gasteiger partial charge in [0, 0.05) is 6.42 Å². The molecule has 4 heteroatoms. The van der Waals surface area contributed by atoms with E-state index in [-0.39, 0.29) is 12.0 Å². The van der Waals surface area contributed by atoms with Gasteiger partial charge in [0.1, 0.15) is 12.4 Å². The summed E-state index contributed by atoms with van der Waals surface area (Å²) in [6.45, 7) is 10.8. The van der Waals surface area contributed by atoms with E-state index in [1.54, 1.807) is 0 Å². The predicted molar refractivity (Wildman–Crippen MR) is 79.7 cm³/mol. The Morgan fingerprint density at radius 2 is 1.75 bits per heavy atom. The number of H-pyrrole nitrogens is 1. The lowest BCUT2D eigenvalue weighted by Crippen LogP contribution is -2.12. The number of aliphatic hydroxyl groups is 1. The van der Waals surface area contributed by atoms with Crippen molar-refractivity contribution in [3.63, 3.8) is 0 Å². The van der Waals surface area contributed by atoms with E-state index < -0.39 is 0 Å². The van der Waals surface area contributed by atoms with Gasteiger partial charge in [-0.3, -0.25) is 5.10 Å². The molecule has 2 aromatic rings. The molecule has 0 amide bonds. The Balaban J connectivity index is 2.33. The van der Waals surface area contributed by atoms with Crippen LogP contribution >= 0.6 is 0 Å². The van der Waals surface area contributed by atoms with Crippen molar-refractivity contribution in [2.24, 2.45) is 0 Å². The molecule has 0 saturated heterocycles. The standard InChI is InChI=1S/C16H23N3O/c1-10-6-12(16(3,4)5)7-11(2)13(10)8-14-17-15(9-20)19-18-14/h6-7,20H,8-9H2,1-5H3,(H,17,18,19). The number of aromatic amines is 1. The molecule has 1 aromatic heterocycles. The highest BCUT2D eigenvalue weighted by atomic mass is 16.3. The molecule has 0 bridgehead atoms. The Morgan fingerprint density at radius 1 is 1.15 bits per heavy atom. The number of aliphatic hydroxyl groups excluding tert-OH is 1. The zero-order valence-electron chi connectivity index (χ0n) is 12.9. The fourth-order valence-corrected chi connectivity index (χ4v) is 2.36. The minimum absolute atomic E-state index is 0.128. The van der Waals surface area contributed by atoms with Crippen LogP contribution in [0.15, 0.2) is 12.1 Å². The van der Waals surface area contributed by atoms with Gasteiger partial charge in [-0.25, -0.2) is 4.98 Å². The van der Waals surface area contributed by atoms with E-state index >= 15 is 0 Å². The van der Waals surface area contributed by atoms with Gasteiger partial charge in [-0.05, 0) is 41.5 Å². The molecule has 108 valence electrons. The molecule has 0 aliphatic rings. The topological polar surface area (TPSA) is 61.8 Å². The maximum Gasteiger partial charge on any atom is 0.176 e. The smallest absolute Gasteiger partial charge is 0.176 e. The zero-order valence-corrected chi connectivity index (χ0v) is 12.9. The predicted octanol–water partition coefficient (Wildman–Crippen LogP) is 2.80. The number of hydrogen-bond donors (Lipinski definition) is 2. The van der Waals surface area contributed by atoms with Crippen LogP contribution in [0, 0.1) is 13.8 Å². The number of benzene rings is 1. The van der Waals surface area contributed by atoms with Crippen LogP contribution in [-0.2, 0) is 18.4 Å². The van der Waals surface area contributed by atoms with Crippen LogP contribution in [0.4, 0.5) is 0 Å². The number of aromatic nitrogens is 3. The summed E-state index contributed by atoms with van der Waals surface area (Å²) in [4.78, 5) is 4.26. The molecule has 20 heavy (non-hydrogen) atoms. The van der Waals surface area contributed by atoms with Gasteiger partial charge in [0.25, 0.3) is 0 Å². The minimum atomic E-state index is -0.128. The maximum absolute atomic E-state index is 9.01. The van der Waals surface area contributed by atoms with Gasteiger partial charge in [-0.15, -0.1) is 0 Å². The molecular weight excluding hydrogens is 250 g/mol. The number of rotatable bonds is 3. The molecule has 1 aromatic carbocycles. The molecule has 0 atom stereocenters. The molecule has 4 nitrogen and oxygen atoms in total. The van der Waals surface area contributed by atoms with E-state index in [0.717, 1.165) is 12.2 Å². The normalized spacial score (nSPS) is 11.9. The number of nitrogens with zero attached hydrogens (tertiary/aromatic N) is 2. The summed E-state index contributed by atoms with van der Waals surface area (Å²) < 4.78 is 0. The first-order valence-electron chi connectivity index (χ1n) is 6.93. The van der Waals surface area contributed by atoms with E-state index in [1.807, 2.05) is 0 Å². The Bertz CT molecular complexity index is 585. The Morgan fingerprint density at radius 3 is 2.20 bits per heavy atom. The van der Waals surface area contributed by atoms with Gasteiger partial charge in [-0.1, -0.05) is 32.9 Å². The third kappa shape index (κ3) is 3.07. The third-order valence-corrected chi connectivity index (χ3v) is 3.63. The van der Waals surface area contributed by atoms with Crippen LogP contribution < -0.4 is 0 Å². The zero-order chi connectivity index (χ0) is 14.9. The van der Waals surface area contributed by atoms with Crippen molar-refractivity contribution >= 4 is 0 Å². The highest BCUT2D eigenvalue weighted by Gasteiger charge is 2.17. The van der Waals surface area contributed by atoms with Crippen LogP contribution in [0.2, 0.25) is 0 Å². The van der Waals surface area contributed by atoms with Crippen LogP contribution in [0.3, 0.4) is 0 Å². The van der Waals surface area contributed by atoms with Gasteiger partial charge in [0.05, 0.1) is 0 Å². The summed E-state index contributed by atoms with van der Waals surface area (Å²) in [6, 6.07) is 4.51. The second-order valence-electron chi connectivity index (χ2n) is 6.37. The fourth-order valence-electron chi connectivity index (χ4n) is 2.36. The fraction of sp³-hybridized carbons (Fsp3) is 0.500. The van der Waals surface area contributed by atoms with E-state index in [1.165, 1.54) is 22.3 Å². The molecule has 0 aliphatic heterocycles. The molecule has 0 unspecified atom stereocenters. The molecule has 0 saturated carbocycles. The van der Waals surface area contributed by atoms with Crippen molar-refractivity contribution < 1.29 is 5.11 Å². The number of nitrogens with one attached hydrogen (secondary N) is 1. The van der Waals surface area contributed by atoms with Crippen LogP contribution in [0.5, 0.6) is 0 Å². The molecule has 0 radical (unpaired) electrons. The SMILES string of the molecule is Cc1cc(C(C)(C)C)cc(C)c1Cc1nc(CO)n[nH]1. The van der Waals surface area contributed by atoms with Gasteiger partial charge >= 0.3 is 0 Å². The minimum Gasteiger partial charge on any atom is -0.388 e. The lowest BCUT2D eigenvalue weighted by atomic mass is 9.83. The molecule has 1 heterocycles. The second kappa shape index (κ2) is 5.37. The summed E-state index contributed by atoms with van der Waals surface area (Å²) in [7, 11) is 0. The average molecular weight is 273 g/mol. The molecule has 0 spiro atoms. The van der Waals surface area contributed by atoms with Crippen molar-refractivity contribution in [1.29, 1.82) is 0 Å². The quantitative estimate of drug-likeness (QED) is 0.904. The highest BCUT2D eigenvalue weighted by Crippen LogP contribution is 2.27.